The van der Waals surface area contributed by atoms with Crippen LogP contribution < -0.4 is 10.6 Å². The molecule has 3 rings (SSSR count). The van der Waals surface area contributed by atoms with Gasteiger partial charge in [0.05, 0.1) is 5.69 Å². The molecule has 0 radical (unpaired) electrons. The molecule has 25 heavy (non-hydrogen) atoms. The second-order valence-electron chi connectivity index (χ2n) is 6.54. The largest absolute Gasteiger partial charge is 0.370 e. The van der Waals surface area contributed by atoms with Gasteiger partial charge in [0, 0.05) is 23.9 Å². The zero-order chi connectivity index (χ0) is 17.6. The van der Waals surface area contributed by atoms with Gasteiger partial charge < -0.3 is 10.6 Å². The van der Waals surface area contributed by atoms with Crippen molar-refractivity contribution in [2.24, 2.45) is 5.92 Å². The molecule has 0 amide bonds. The van der Waals surface area contributed by atoms with E-state index in [-0.39, 0.29) is 0 Å². The van der Waals surface area contributed by atoms with Gasteiger partial charge in [-0.3, -0.25) is 0 Å². The fourth-order valence-corrected chi connectivity index (χ4v) is 2.49. The molecule has 0 unspecified atom stereocenters. The molecule has 0 aliphatic heterocycles. The summed E-state index contributed by atoms with van der Waals surface area (Å²) in [6.07, 6.45) is 0. The quantitative estimate of drug-likeness (QED) is 0.646. The van der Waals surface area contributed by atoms with Crippen LogP contribution in [-0.2, 0) is 0 Å². The highest BCUT2D eigenvalue weighted by Crippen LogP contribution is 2.24. The molecule has 2 aromatic carbocycles. The molecule has 4 heteroatoms. The summed E-state index contributed by atoms with van der Waals surface area (Å²) in [7, 11) is 0. The van der Waals surface area contributed by atoms with Crippen molar-refractivity contribution in [1.29, 1.82) is 0 Å². The SMILES string of the molecule is Cc1ccccc1Nc1nc(NCC(C)C)cc(-c2ccccc2)n1. The van der Waals surface area contributed by atoms with Crippen LogP contribution in [0.1, 0.15) is 19.4 Å². The number of hydrogen-bond donors (Lipinski definition) is 2. The molecule has 0 aliphatic carbocycles. The number of nitrogens with zero attached hydrogens (tertiary/aromatic N) is 2. The normalized spacial score (nSPS) is 10.7. The summed E-state index contributed by atoms with van der Waals surface area (Å²) in [4.78, 5) is 9.34. The van der Waals surface area contributed by atoms with Gasteiger partial charge in [0.1, 0.15) is 5.82 Å². The number of aromatic nitrogens is 2. The highest BCUT2D eigenvalue weighted by atomic mass is 15.1. The molecule has 0 saturated heterocycles. The average Bonchev–Trinajstić information content (AvgIpc) is 2.62. The van der Waals surface area contributed by atoms with Crippen LogP contribution >= 0.6 is 0 Å². The molecule has 0 aliphatic rings. The van der Waals surface area contributed by atoms with Crippen LogP contribution in [0.2, 0.25) is 0 Å². The van der Waals surface area contributed by atoms with Crippen LogP contribution in [0.15, 0.2) is 60.7 Å². The fourth-order valence-electron chi connectivity index (χ4n) is 2.49. The predicted molar refractivity (Wildman–Crippen MR) is 105 cm³/mol. The summed E-state index contributed by atoms with van der Waals surface area (Å²) in [5, 5.41) is 6.75. The first kappa shape index (κ1) is 17.0. The lowest BCUT2D eigenvalue weighted by molar-refractivity contribution is 0.687. The Kier molecular flexibility index (Phi) is 5.29. The van der Waals surface area contributed by atoms with Crippen LogP contribution in [-0.4, -0.2) is 16.5 Å². The minimum atomic E-state index is 0.544. The van der Waals surface area contributed by atoms with Gasteiger partial charge >= 0.3 is 0 Å². The molecule has 3 aromatic rings. The lowest BCUT2D eigenvalue weighted by Crippen LogP contribution is -2.11. The van der Waals surface area contributed by atoms with Crippen molar-refractivity contribution in [2.75, 3.05) is 17.2 Å². The van der Waals surface area contributed by atoms with Crippen molar-refractivity contribution in [3.63, 3.8) is 0 Å². The van der Waals surface area contributed by atoms with Crippen molar-refractivity contribution >= 4 is 17.5 Å². The van der Waals surface area contributed by atoms with Crippen molar-refractivity contribution in [1.82, 2.24) is 9.97 Å². The summed E-state index contributed by atoms with van der Waals surface area (Å²) < 4.78 is 0. The van der Waals surface area contributed by atoms with E-state index < -0.39 is 0 Å². The van der Waals surface area contributed by atoms with Gasteiger partial charge in [0.15, 0.2) is 0 Å². The highest BCUT2D eigenvalue weighted by molar-refractivity contribution is 5.67. The Morgan fingerprint density at radius 3 is 2.36 bits per heavy atom. The van der Waals surface area contributed by atoms with Gasteiger partial charge in [-0.2, -0.15) is 4.98 Å². The van der Waals surface area contributed by atoms with Crippen LogP contribution in [0.3, 0.4) is 0 Å². The Morgan fingerprint density at radius 2 is 1.64 bits per heavy atom. The predicted octanol–water partition coefficient (Wildman–Crippen LogP) is 5.26. The van der Waals surface area contributed by atoms with Crippen molar-refractivity contribution < 1.29 is 0 Å². The maximum absolute atomic E-state index is 4.70. The molecule has 1 aromatic heterocycles. The summed E-state index contributed by atoms with van der Waals surface area (Å²) in [6.45, 7) is 7.30. The van der Waals surface area contributed by atoms with Crippen molar-refractivity contribution in [2.45, 2.75) is 20.8 Å². The van der Waals surface area contributed by atoms with E-state index in [0.29, 0.717) is 11.9 Å². The second kappa shape index (κ2) is 7.79. The number of rotatable bonds is 6. The average molecular weight is 332 g/mol. The molecule has 0 bridgehead atoms. The smallest absolute Gasteiger partial charge is 0.229 e. The molecule has 128 valence electrons. The molecular formula is C21H24N4. The van der Waals surface area contributed by atoms with E-state index >= 15 is 0 Å². The lowest BCUT2D eigenvalue weighted by atomic mass is 10.1. The molecular weight excluding hydrogens is 308 g/mol. The lowest BCUT2D eigenvalue weighted by Gasteiger charge is -2.13. The number of benzene rings is 2. The molecule has 4 nitrogen and oxygen atoms in total. The third-order valence-electron chi connectivity index (χ3n) is 3.88. The first-order chi connectivity index (χ1) is 12.1. The van der Waals surface area contributed by atoms with E-state index in [1.54, 1.807) is 0 Å². The minimum absolute atomic E-state index is 0.544. The van der Waals surface area contributed by atoms with Crippen LogP contribution in [0, 0.1) is 12.8 Å². The Bertz CT molecular complexity index is 828. The Hall–Kier alpha value is -2.88. The first-order valence-corrected chi connectivity index (χ1v) is 8.63. The van der Waals surface area contributed by atoms with Crippen LogP contribution in [0.5, 0.6) is 0 Å². The van der Waals surface area contributed by atoms with Gasteiger partial charge in [-0.1, -0.05) is 62.4 Å². The van der Waals surface area contributed by atoms with Gasteiger partial charge in [0.2, 0.25) is 5.95 Å². The Balaban J connectivity index is 1.96. The standard InChI is InChI=1S/C21H24N4/c1-15(2)14-22-20-13-19(17-10-5-4-6-11-17)24-21(25-20)23-18-12-8-7-9-16(18)3/h4-13,15H,14H2,1-3H3,(H2,22,23,24,25). The molecule has 0 spiro atoms. The van der Waals surface area contributed by atoms with Crippen molar-refractivity contribution in [3.05, 3.63) is 66.2 Å². The summed E-state index contributed by atoms with van der Waals surface area (Å²) in [5.74, 6) is 1.98. The molecule has 1 heterocycles. The van der Waals surface area contributed by atoms with E-state index in [2.05, 4.69) is 54.6 Å². The molecule has 0 fully saturated rings. The number of aryl methyl sites for hydroxylation is 1. The van der Waals surface area contributed by atoms with E-state index in [0.717, 1.165) is 34.9 Å². The molecule has 2 N–H and O–H groups in total. The number of anilines is 3. The summed E-state index contributed by atoms with van der Waals surface area (Å²) >= 11 is 0. The Morgan fingerprint density at radius 1 is 0.920 bits per heavy atom. The molecule has 0 saturated carbocycles. The number of nitrogens with one attached hydrogen (secondary N) is 2. The monoisotopic (exact) mass is 332 g/mol. The van der Waals surface area contributed by atoms with Gasteiger partial charge in [-0.05, 0) is 24.5 Å². The Labute approximate surface area is 149 Å². The van der Waals surface area contributed by atoms with Crippen molar-refractivity contribution in [3.8, 4) is 11.3 Å². The van der Waals surface area contributed by atoms with Gasteiger partial charge in [0.25, 0.3) is 0 Å². The third kappa shape index (κ3) is 4.57. The minimum Gasteiger partial charge on any atom is -0.370 e. The number of hydrogen-bond acceptors (Lipinski definition) is 4. The number of para-hydroxylation sites is 1. The van der Waals surface area contributed by atoms with E-state index in [9.17, 15) is 0 Å². The summed E-state index contributed by atoms with van der Waals surface area (Å²) in [6, 6.07) is 20.3. The molecule has 0 atom stereocenters. The fraction of sp³-hybridized carbons (Fsp3) is 0.238. The highest BCUT2D eigenvalue weighted by Gasteiger charge is 2.08. The van der Waals surface area contributed by atoms with E-state index in [1.165, 1.54) is 0 Å². The van der Waals surface area contributed by atoms with Crippen LogP contribution in [0.4, 0.5) is 17.5 Å². The maximum atomic E-state index is 4.70. The summed E-state index contributed by atoms with van der Waals surface area (Å²) in [5.41, 5.74) is 4.15. The zero-order valence-electron chi connectivity index (χ0n) is 15.0. The van der Waals surface area contributed by atoms with Gasteiger partial charge in [-0.25, -0.2) is 4.98 Å². The van der Waals surface area contributed by atoms with E-state index in [4.69, 9.17) is 4.98 Å². The second-order valence-corrected chi connectivity index (χ2v) is 6.54. The zero-order valence-corrected chi connectivity index (χ0v) is 15.0. The first-order valence-electron chi connectivity index (χ1n) is 8.63. The van der Waals surface area contributed by atoms with E-state index in [1.807, 2.05) is 42.5 Å². The topological polar surface area (TPSA) is 49.8 Å². The van der Waals surface area contributed by atoms with Crippen LogP contribution in [0.25, 0.3) is 11.3 Å². The maximum Gasteiger partial charge on any atom is 0.229 e. The third-order valence-corrected chi connectivity index (χ3v) is 3.88. The van der Waals surface area contributed by atoms with Gasteiger partial charge in [-0.15, -0.1) is 0 Å².